The Bertz CT molecular complexity index is 1410. The molecule has 2 aromatic heterocycles. The Balaban J connectivity index is 0.00000461. The van der Waals surface area contributed by atoms with Crippen LogP contribution in [0.3, 0.4) is 0 Å². The number of nitrogens with zero attached hydrogens (tertiary/aromatic N) is 5. The third kappa shape index (κ3) is 9.41. The summed E-state index contributed by atoms with van der Waals surface area (Å²) in [6.07, 6.45) is 6.74. The number of oxazole rings is 1. The molecule has 3 N–H and O–H groups in total. The molecule has 0 spiro atoms. The van der Waals surface area contributed by atoms with Crippen molar-refractivity contribution in [2.75, 3.05) is 38.0 Å². The lowest BCUT2D eigenvalue weighted by molar-refractivity contribution is -0.132. The van der Waals surface area contributed by atoms with E-state index in [0.717, 1.165) is 43.7 Å². The normalized spacial score (nSPS) is 16.1. The number of amides is 2. The highest BCUT2D eigenvalue weighted by molar-refractivity contribution is 7.59. The van der Waals surface area contributed by atoms with E-state index in [1.807, 2.05) is 11.0 Å². The molecule has 2 amide bonds. The van der Waals surface area contributed by atoms with Crippen molar-refractivity contribution >= 4 is 31.1 Å². The minimum absolute atomic E-state index is 0. The maximum Gasteiger partial charge on any atom is 0.270 e. The third-order valence-corrected chi connectivity index (χ3v) is 8.22. The molecule has 0 saturated carbocycles. The molecule has 3 aromatic rings. The molecule has 244 valence electrons. The average Bonchev–Trinajstić information content (AvgIpc) is 3.53. The van der Waals surface area contributed by atoms with Crippen LogP contribution in [-0.4, -0.2) is 86.5 Å². The summed E-state index contributed by atoms with van der Waals surface area (Å²) in [7, 11) is 0. The highest BCUT2D eigenvalue weighted by atomic mass is 32.1. The molecular weight excluding hydrogens is 594 g/mol. The number of carbonyl (C=O) groups is 2. The van der Waals surface area contributed by atoms with Crippen molar-refractivity contribution in [1.82, 2.24) is 30.1 Å². The number of likely N-dealkylation sites (tertiary alicyclic amines) is 1. The number of carbonyl (C=O) groups excluding carboxylic acids is 2. The number of aromatic nitrogens is 3. The molecule has 45 heavy (non-hydrogen) atoms. The smallest absolute Gasteiger partial charge is 0.270 e. The van der Waals surface area contributed by atoms with Gasteiger partial charge < -0.3 is 29.8 Å². The van der Waals surface area contributed by atoms with Crippen molar-refractivity contribution in [3.8, 4) is 5.75 Å². The van der Waals surface area contributed by atoms with Gasteiger partial charge in [-0.05, 0) is 54.9 Å². The quantitative estimate of drug-likeness (QED) is 0.270. The minimum Gasteiger partial charge on any atom is -0.485 e. The number of nitrogens with one attached hydrogen (secondary N) is 2. The molecular formula is C32H45N7O5S. The lowest BCUT2D eigenvalue weighted by Crippen LogP contribution is -2.43. The summed E-state index contributed by atoms with van der Waals surface area (Å²) in [6.45, 7) is 10.0. The molecule has 1 fully saturated rings. The maximum atomic E-state index is 12.8. The number of β-amino-alcohol motifs (C(OH)–C–C–N with tert-alkyl or cyclic N) is 1. The first-order chi connectivity index (χ1) is 21.2. The molecule has 4 heterocycles. The van der Waals surface area contributed by atoms with Gasteiger partial charge in [0, 0.05) is 57.8 Å². The number of anilines is 1. The van der Waals surface area contributed by atoms with Crippen LogP contribution in [0.5, 0.6) is 5.75 Å². The van der Waals surface area contributed by atoms with E-state index < -0.39 is 6.10 Å². The molecule has 12 nitrogen and oxygen atoms in total. The molecule has 13 heteroatoms. The van der Waals surface area contributed by atoms with Crippen LogP contribution in [0.2, 0.25) is 0 Å². The first-order valence-electron chi connectivity index (χ1n) is 15.4. The summed E-state index contributed by atoms with van der Waals surface area (Å²) < 4.78 is 11.2. The van der Waals surface area contributed by atoms with E-state index in [4.69, 9.17) is 9.15 Å². The van der Waals surface area contributed by atoms with Gasteiger partial charge in [0.2, 0.25) is 5.91 Å². The van der Waals surface area contributed by atoms with Crippen LogP contribution in [0, 0.1) is 12.8 Å². The van der Waals surface area contributed by atoms with E-state index >= 15 is 0 Å². The Morgan fingerprint density at radius 2 is 1.98 bits per heavy atom. The van der Waals surface area contributed by atoms with E-state index in [1.54, 1.807) is 12.3 Å². The van der Waals surface area contributed by atoms with Crippen molar-refractivity contribution < 1.29 is 23.8 Å². The summed E-state index contributed by atoms with van der Waals surface area (Å²) in [5.41, 5.74) is 3.85. The molecule has 0 unspecified atom stereocenters. The van der Waals surface area contributed by atoms with Crippen molar-refractivity contribution in [3.05, 3.63) is 65.3 Å². The summed E-state index contributed by atoms with van der Waals surface area (Å²) in [5, 5.41) is 16.9. The Kier molecular flexibility index (Phi) is 12.2. The predicted octanol–water partition coefficient (Wildman–Crippen LogP) is 3.06. The summed E-state index contributed by atoms with van der Waals surface area (Å²) in [4.78, 5) is 41.6. The van der Waals surface area contributed by atoms with Gasteiger partial charge in [-0.1, -0.05) is 19.9 Å². The summed E-state index contributed by atoms with van der Waals surface area (Å²) in [5.74, 6) is 2.28. The molecule has 2 aliphatic rings. The zero-order valence-corrected chi connectivity index (χ0v) is 27.3. The van der Waals surface area contributed by atoms with Gasteiger partial charge in [-0.15, -0.1) is 0 Å². The van der Waals surface area contributed by atoms with Crippen LogP contribution >= 0.6 is 13.5 Å². The number of aliphatic hydroxyl groups excluding tert-OH is 1. The van der Waals surface area contributed by atoms with Crippen molar-refractivity contribution in [2.45, 2.75) is 71.8 Å². The first kappa shape index (κ1) is 34.2. The number of benzene rings is 1. The van der Waals surface area contributed by atoms with Gasteiger partial charge in [0.15, 0.2) is 12.2 Å². The molecule has 1 atom stereocenters. The standard InChI is InChI=1S/C32H43N7O5.H2S/c1-21(2)12-31(41)39-10-6-24(7-11-39)37-30-13-28(35-19-36-30)32(42)34-14-25(40)17-38-9-8-27-22(3)29(5-4-23(27)16-38)43-18-26-15-33-20-44-26;/h4-5,13,15,19-21,24-25,40H,6-12,14,16-18H2,1-3H3,(H,34,42)(H,35,36,37);1H2/t25-;/m0./s1. The predicted molar refractivity (Wildman–Crippen MR) is 174 cm³/mol. The Labute approximate surface area is 271 Å². The van der Waals surface area contributed by atoms with E-state index in [1.165, 1.54) is 23.8 Å². The van der Waals surface area contributed by atoms with Gasteiger partial charge in [0.05, 0.1) is 12.3 Å². The zero-order chi connectivity index (χ0) is 31.1. The topological polar surface area (TPSA) is 146 Å². The van der Waals surface area contributed by atoms with E-state index in [2.05, 4.69) is 57.3 Å². The number of aliphatic hydroxyl groups is 1. The van der Waals surface area contributed by atoms with Gasteiger partial charge in [-0.2, -0.15) is 13.5 Å². The highest BCUT2D eigenvalue weighted by Crippen LogP contribution is 2.30. The van der Waals surface area contributed by atoms with Gasteiger partial charge >= 0.3 is 0 Å². The van der Waals surface area contributed by atoms with Gasteiger partial charge in [0.25, 0.3) is 5.91 Å². The SMILES string of the molecule is Cc1c(OCc2cnco2)ccc2c1CCN(C[C@@H](O)CNC(=O)c1cc(NC3CCN(C(=O)CC(C)C)CC3)ncn1)C2.S. The van der Waals surface area contributed by atoms with Crippen LogP contribution in [0.15, 0.2) is 41.5 Å². The van der Waals surface area contributed by atoms with Crippen LogP contribution < -0.4 is 15.4 Å². The maximum absolute atomic E-state index is 12.8. The fourth-order valence-corrected chi connectivity index (χ4v) is 5.84. The lowest BCUT2D eigenvalue weighted by Gasteiger charge is -2.33. The molecule has 0 bridgehead atoms. The Hall–Kier alpha value is -3.68. The zero-order valence-electron chi connectivity index (χ0n) is 26.3. The van der Waals surface area contributed by atoms with E-state index in [0.29, 0.717) is 50.2 Å². The average molecular weight is 640 g/mol. The van der Waals surface area contributed by atoms with Gasteiger partial charge in [-0.3, -0.25) is 14.5 Å². The van der Waals surface area contributed by atoms with Gasteiger partial charge in [-0.25, -0.2) is 15.0 Å². The number of ether oxygens (including phenoxy) is 1. The number of piperidine rings is 1. The Morgan fingerprint density at radius 1 is 1.18 bits per heavy atom. The van der Waals surface area contributed by atoms with Crippen LogP contribution in [0.1, 0.15) is 66.0 Å². The summed E-state index contributed by atoms with van der Waals surface area (Å²) in [6, 6.07) is 5.86. The van der Waals surface area contributed by atoms with Crippen LogP contribution in [0.4, 0.5) is 5.82 Å². The monoisotopic (exact) mass is 639 g/mol. The lowest BCUT2D eigenvalue weighted by atomic mass is 9.94. The second kappa shape index (κ2) is 16.1. The molecule has 0 radical (unpaired) electrons. The molecule has 2 aliphatic heterocycles. The molecule has 1 aromatic carbocycles. The number of hydrogen-bond acceptors (Lipinski definition) is 10. The third-order valence-electron chi connectivity index (χ3n) is 8.22. The van der Waals surface area contributed by atoms with Gasteiger partial charge in [0.1, 0.15) is 30.2 Å². The van der Waals surface area contributed by atoms with Crippen LogP contribution in [-0.2, 0) is 24.4 Å². The molecule has 1 saturated heterocycles. The fraction of sp³-hybridized carbons (Fsp3) is 0.531. The largest absolute Gasteiger partial charge is 0.485 e. The number of hydrogen-bond donors (Lipinski definition) is 3. The van der Waals surface area contributed by atoms with E-state index in [-0.39, 0.29) is 43.6 Å². The van der Waals surface area contributed by atoms with Crippen LogP contribution in [0.25, 0.3) is 0 Å². The van der Waals surface area contributed by atoms with Crippen molar-refractivity contribution in [3.63, 3.8) is 0 Å². The van der Waals surface area contributed by atoms with Crippen molar-refractivity contribution in [1.29, 1.82) is 0 Å². The number of fused-ring (bicyclic) bond motifs is 1. The second-order valence-corrected chi connectivity index (χ2v) is 12.1. The number of rotatable bonds is 12. The van der Waals surface area contributed by atoms with Crippen molar-refractivity contribution in [2.24, 2.45) is 5.92 Å². The minimum atomic E-state index is -0.728. The summed E-state index contributed by atoms with van der Waals surface area (Å²) >= 11 is 0. The Morgan fingerprint density at radius 3 is 2.71 bits per heavy atom. The fourth-order valence-electron chi connectivity index (χ4n) is 5.84. The highest BCUT2D eigenvalue weighted by Gasteiger charge is 2.24. The molecule has 0 aliphatic carbocycles. The first-order valence-corrected chi connectivity index (χ1v) is 15.4. The second-order valence-electron chi connectivity index (χ2n) is 12.1. The molecule has 5 rings (SSSR count). The van der Waals surface area contributed by atoms with E-state index in [9.17, 15) is 14.7 Å².